The number of carbonyl (C=O) groups is 1. The summed E-state index contributed by atoms with van der Waals surface area (Å²) in [4.78, 5) is 11.2. The monoisotopic (exact) mass is 289 g/mol. The second-order valence-electron chi connectivity index (χ2n) is 5.33. The third kappa shape index (κ3) is 2.51. The van der Waals surface area contributed by atoms with Gasteiger partial charge in [0, 0.05) is 0 Å². The lowest BCUT2D eigenvalue weighted by molar-refractivity contribution is 0.0697. The minimum atomic E-state index is -0.918. The summed E-state index contributed by atoms with van der Waals surface area (Å²) >= 11 is 0. The molecular formula is C19H15NO2. The van der Waals surface area contributed by atoms with Gasteiger partial charge < -0.3 is 5.11 Å². The number of aryl methyl sites for hydroxylation is 1. The van der Waals surface area contributed by atoms with Crippen LogP contribution in [0.3, 0.4) is 0 Å². The summed E-state index contributed by atoms with van der Waals surface area (Å²) in [5.41, 5.74) is 5.46. The number of carboxylic acids is 1. The van der Waals surface area contributed by atoms with Gasteiger partial charge in [0.25, 0.3) is 0 Å². The molecule has 3 heteroatoms. The molecule has 0 fully saturated rings. The number of hydrogen-bond donors (Lipinski definition) is 1. The molecule has 0 atom stereocenters. The maximum Gasteiger partial charge on any atom is 0.335 e. The van der Waals surface area contributed by atoms with Gasteiger partial charge in [-0.1, -0.05) is 36.4 Å². The molecular weight excluding hydrogens is 274 g/mol. The normalized spacial score (nSPS) is 13.0. The van der Waals surface area contributed by atoms with Crippen LogP contribution in [0.5, 0.6) is 0 Å². The van der Waals surface area contributed by atoms with Gasteiger partial charge in [-0.15, -0.1) is 0 Å². The van der Waals surface area contributed by atoms with Crippen molar-refractivity contribution < 1.29 is 9.90 Å². The molecule has 0 saturated heterocycles. The zero-order valence-corrected chi connectivity index (χ0v) is 12.0. The summed E-state index contributed by atoms with van der Waals surface area (Å²) in [5, 5.41) is 18.2. The lowest BCUT2D eigenvalue weighted by Crippen LogP contribution is -2.06. The lowest BCUT2D eigenvalue weighted by Gasteiger charge is -2.20. The Bertz CT molecular complexity index is 812. The van der Waals surface area contributed by atoms with E-state index in [9.17, 15) is 9.90 Å². The quantitative estimate of drug-likeness (QED) is 0.934. The Morgan fingerprint density at radius 1 is 1.18 bits per heavy atom. The summed E-state index contributed by atoms with van der Waals surface area (Å²) in [6.07, 6.45) is 4.33. The van der Waals surface area contributed by atoms with E-state index < -0.39 is 5.97 Å². The smallest absolute Gasteiger partial charge is 0.335 e. The van der Waals surface area contributed by atoms with E-state index in [1.807, 2.05) is 30.3 Å². The minimum absolute atomic E-state index is 0.296. The van der Waals surface area contributed by atoms with Crippen molar-refractivity contribution in [2.24, 2.45) is 0 Å². The Kier molecular flexibility index (Phi) is 3.76. The third-order valence-corrected chi connectivity index (χ3v) is 3.99. The standard InChI is InChI=1S/C19H15NO2/c20-11-10-14-4-1-2-6-16(14)17-7-3-5-13-8-9-15(19(21)22)12-18(13)17/h1-2,4,6-9,12H,3,5,10H2,(H,21,22). The minimum Gasteiger partial charge on any atom is -0.478 e. The van der Waals surface area contributed by atoms with Crippen LogP contribution in [-0.4, -0.2) is 11.1 Å². The molecule has 0 saturated carbocycles. The second kappa shape index (κ2) is 5.87. The van der Waals surface area contributed by atoms with Crippen molar-refractivity contribution in [1.29, 1.82) is 5.26 Å². The van der Waals surface area contributed by atoms with E-state index in [4.69, 9.17) is 5.26 Å². The van der Waals surface area contributed by atoms with Crippen LogP contribution in [0.2, 0.25) is 0 Å². The highest BCUT2D eigenvalue weighted by atomic mass is 16.4. The first-order chi connectivity index (χ1) is 10.7. The summed E-state index contributed by atoms with van der Waals surface area (Å²) < 4.78 is 0. The number of hydrogen-bond acceptors (Lipinski definition) is 2. The van der Waals surface area contributed by atoms with Crippen LogP contribution in [0, 0.1) is 11.3 Å². The van der Waals surface area contributed by atoms with Gasteiger partial charge in [-0.3, -0.25) is 0 Å². The summed E-state index contributed by atoms with van der Waals surface area (Å²) in [7, 11) is 0. The van der Waals surface area contributed by atoms with Gasteiger partial charge in [0.15, 0.2) is 0 Å². The van der Waals surface area contributed by atoms with Gasteiger partial charge in [0.1, 0.15) is 0 Å². The molecule has 0 spiro atoms. The van der Waals surface area contributed by atoms with Crippen LogP contribution < -0.4 is 0 Å². The van der Waals surface area contributed by atoms with E-state index in [1.54, 1.807) is 12.1 Å². The van der Waals surface area contributed by atoms with Gasteiger partial charge in [-0.05, 0) is 52.8 Å². The molecule has 0 heterocycles. The second-order valence-corrected chi connectivity index (χ2v) is 5.33. The molecule has 1 aliphatic rings. The van der Waals surface area contributed by atoms with E-state index in [-0.39, 0.29) is 0 Å². The van der Waals surface area contributed by atoms with Crippen molar-refractivity contribution in [2.45, 2.75) is 19.3 Å². The van der Waals surface area contributed by atoms with Crippen molar-refractivity contribution in [2.75, 3.05) is 0 Å². The molecule has 22 heavy (non-hydrogen) atoms. The number of fused-ring (bicyclic) bond motifs is 1. The number of aromatic carboxylic acids is 1. The van der Waals surface area contributed by atoms with Gasteiger partial charge in [0.2, 0.25) is 0 Å². The van der Waals surface area contributed by atoms with Gasteiger partial charge in [0.05, 0.1) is 18.1 Å². The number of benzene rings is 2. The molecule has 1 aliphatic carbocycles. The fourth-order valence-corrected chi connectivity index (χ4v) is 2.94. The van der Waals surface area contributed by atoms with Crippen molar-refractivity contribution in [3.63, 3.8) is 0 Å². The molecule has 108 valence electrons. The molecule has 3 rings (SSSR count). The highest BCUT2D eigenvalue weighted by molar-refractivity contribution is 5.91. The first kappa shape index (κ1) is 14.1. The molecule has 0 unspecified atom stereocenters. The largest absolute Gasteiger partial charge is 0.478 e. The van der Waals surface area contributed by atoms with Crippen LogP contribution in [-0.2, 0) is 12.8 Å². The number of nitrogens with zero attached hydrogens (tertiary/aromatic N) is 1. The molecule has 0 bridgehead atoms. The predicted molar refractivity (Wildman–Crippen MR) is 84.6 cm³/mol. The zero-order chi connectivity index (χ0) is 15.5. The fraction of sp³-hybridized carbons (Fsp3) is 0.158. The zero-order valence-electron chi connectivity index (χ0n) is 12.0. The Morgan fingerprint density at radius 2 is 2.00 bits per heavy atom. The van der Waals surface area contributed by atoms with Crippen molar-refractivity contribution in [1.82, 2.24) is 0 Å². The van der Waals surface area contributed by atoms with E-state index >= 15 is 0 Å². The average Bonchev–Trinajstić information content (AvgIpc) is 2.54. The highest BCUT2D eigenvalue weighted by Gasteiger charge is 2.18. The van der Waals surface area contributed by atoms with Crippen LogP contribution in [0.15, 0.2) is 48.5 Å². The average molecular weight is 289 g/mol. The Morgan fingerprint density at radius 3 is 2.77 bits per heavy atom. The maximum atomic E-state index is 11.2. The van der Waals surface area contributed by atoms with Crippen LogP contribution in [0.25, 0.3) is 5.57 Å². The van der Waals surface area contributed by atoms with Crippen molar-refractivity contribution >= 4 is 11.5 Å². The SMILES string of the molecule is N#CCc1ccccc1C1=CCCc2ccc(C(=O)O)cc21. The first-order valence-corrected chi connectivity index (χ1v) is 7.22. The Hall–Kier alpha value is -2.86. The molecule has 0 radical (unpaired) electrons. The molecule has 0 aliphatic heterocycles. The van der Waals surface area contributed by atoms with E-state index in [1.165, 1.54) is 0 Å². The molecule has 2 aromatic carbocycles. The summed E-state index contributed by atoms with van der Waals surface area (Å²) in [6, 6.07) is 15.3. The molecule has 0 aromatic heterocycles. The topological polar surface area (TPSA) is 61.1 Å². The van der Waals surface area contributed by atoms with Gasteiger partial charge >= 0.3 is 5.97 Å². The first-order valence-electron chi connectivity index (χ1n) is 7.22. The van der Waals surface area contributed by atoms with Crippen molar-refractivity contribution in [3.8, 4) is 6.07 Å². The van der Waals surface area contributed by atoms with E-state index in [0.717, 1.165) is 40.7 Å². The Labute approximate surface area is 129 Å². The maximum absolute atomic E-state index is 11.2. The van der Waals surface area contributed by atoms with Gasteiger partial charge in [-0.25, -0.2) is 4.79 Å². The van der Waals surface area contributed by atoms with E-state index in [2.05, 4.69) is 12.1 Å². The van der Waals surface area contributed by atoms with Crippen molar-refractivity contribution in [3.05, 3.63) is 76.4 Å². The molecule has 2 aromatic rings. The van der Waals surface area contributed by atoms with Crippen LogP contribution in [0.1, 0.15) is 39.0 Å². The molecule has 3 nitrogen and oxygen atoms in total. The Balaban J connectivity index is 2.15. The van der Waals surface area contributed by atoms with Crippen LogP contribution in [0.4, 0.5) is 0 Å². The third-order valence-electron chi connectivity index (χ3n) is 3.99. The van der Waals surface area contributed by atoms with Crippen LogP contribution >= 0.6 is 0 Å². The lowest BCUT2D eigenvalue weighted by atomic mass is 9.84. The number of rotatable bonds is 3. The fourth-order valence-electron chi connectivity index (χ4n) is 2.94. The van der Waals surface area contributed by atoms with Gasteiger partial charge in [-0.2, -0.15) is 5.26 Å². The number of allylic oxidation sites excluding steroid dienone is 1. The van der Waals surface area contributed by atoms with E-state index in [0.29, 0.717) is 12.0 Å². The highest BCUT2D eigenvalue weighted by Crippen LogP contribution is 2.34. The molecule has 0 amide bonds. The summed E-state index contributed by atoms with van der Waals surface area (Å²) in [5.74, 6) is -0.918. The number of nitriles is 1. The summed E-state index contributed by atoms with van der Waals surface area (Å²) in [6.45, 7) is 0. The molecule has 1 N–H and O–H groups in total. The predicted octanol–water partition coefficient (Wildman–Crippen LogP) is 3.83. The number of carboxylic acid groups (broad SMARTS) is 1.